The third-order valence-corrected chi connectivity index (χ3v) is 6.52. The molecule has 2 aliphatic heterocycles. The number of hydrogen-bond donors (Lipinski definition) is 1. The van der Waals surface area contributed by atoms with Crippen molar-refractivity contribution in [3.63, 3.8) is 0 Å². The quantitative estimate of drug-likeness (QED) is 0.713. The molecule has 2 aliphatic rings. The molecular formula is C25H27N3O2. The fourth-order valence-corrected chi connectivity index (χ4v) is 4.77. The van der Waals surface area contributed by atoms with Crippen LogP contribution in [0.15, 0.2) is 60.8 Å². The van der Waals surface area contributed by atoms with E-state index in [1.54, 1.807) is 7.11 Å². The molecule has 0 radical (unpaired) electrons. The lowest BCUT2D eigenvalue weighted by Gasteiger charge is -2.46. The van der Waals surface area contributed by atoms with Gasteiger partial charge in [-0.3, -0.25) is 4.79 Å². The smallest absolute Gasteiger partial charge is 0.226 e. The van der Waals surface area contributed by atoms with Crippen molar-refractivity contribution in [1.82, 2.24) is 9.47 Å². The van der Waals surface area contributed by atoms with E-state index in [2.05, 4.69) is 71.5 Å². The zero-order valence-electron chi connectivity index (χ0n) is 17.5. The van der Waals surface area contributed by atoms with Gasteiger partial charge in [0.15, 0.2) is 0 Å². The third-order valence-electron chi connectivity index (χ3n) is 6.52. The minimum Gasteiger partial charge on any atom is -0.497 e. The lowest BCUT2D eigenvalue weighted by Crippen LogP contribution is -2.51. The van der Waals surface area contributed by atoms with Crippen molar-refractivity contribution in [2.45, 2.75) is 31.7 Å². The Bertz CT molecular complexity index is 1080. The van der Waals surface area contributed by atoms with Gasteiger partial charge in [-0.15, -0.1) is 0 Å². The van der Waals surface area contributed by atoms with Crippen molar-refractivity contribution in [2.75, 3.05) is 25.5 Å². The fraction of sp³-hybridized carbons (Fsp3) is 0.320. The summed E-state index contributed by atoms with van der Waals surface area (Å²) in [6.07, 6.45) is 4.36. The number of anilines is 1. The van der Waals surface area contributed by atoms with Crippen molar-refractivity contribution >= 4 is 11.6 Å². The number of ether oxygens (including phenoxy) is 1. The summed E-state index contributed by atoms with van der Waals surface area (Å²) in [6, 6.07) is 18.7. The average molecular weight is 402 g/mol. The van der Waals surface area contributed by atoms with E-state index < -0.39 is 0 Å². The normalized spacial score (nSPS) is 16.5. The van der Waals surface area contributed by atoms with Crippen LogP contribution in [0.5, 0.6) is 5.75 Å². The molecule has 0 saturated carbocycles. The summed E-state index contributed by atoms with van der Waals surface area (Å²) in [6.45, 7) is 3.57. The van der Waals surface area contributed by atoms with Crippen molar-refractivity contribution in [1.29, 1.82) is 0 Å². The summed E-state index contributed by atoms with van der Waals surface area (Å²) < 4.78 is 7.71. The number of aromatic nitrogens is 1. The number of benzene rings is 2. The molecule has 3 heterocycles. The summed E-state index contributed by atoms with van der Waals surface area (Å²) in [4.78, 5) is 14.9. The van der Waals surface area contributed by atoms with Gasteiger partial charge in [-0.25, -0.2) is 0 Å². The minimum absolute atomic E-state index is 0.163. The van der Waals surface area contributed by atoms with Gasteiger partial charge in [0, 0.05) is 31.0 Å². The molecule has 0 atom stereocenters. The van der Waals surface area contributed by atoms with E-state index in [0.717, 1.165) is 48.6 Å². The topological polar surface area (TPSA) is 46.5 Å². The maximum atomic E-state index is 12.9. The van der Waals surface area contributed by atoms with E-state index >= 15 is 0 Å². The van der Waals surface area contributed by atoms with Crippen LogP contribution < -0.4 is 10.1 Å². The highest BCUT2D eigenvalue weighted by Crippen LogP contribution is 2.44. The standard InChI is InChI=1S/C25H27N3O2/c1-18-5-7-19(8-6-18)16-24(29)27-14-11-25(12-15-27)23-4-3-13-28(23)22-10-9-20(30-2)17-21(22)26-25/h3-10,13,17,26H,11-12,14-16H2,1-2H3. The average Bonchev–Trinajstić information content (AvgIpc) is 3.27. The van der Waals surface area contributed by atoms with Gasteiger partial charge in [0.05, 0.1) is 30.4 Å². The van der Waals surface area contributed by atoms with Gasteiger partial charge in [-0.1, -0.05) is 29.8 Å². The number of carbonyl (C=O) groups excluding carboxylic acids is 1. The predicted octanol–water partition coefficient (Wildman–Crippen LogP) is 4.28. The number of aryl methyl sites for hydroxylation is 1. The molecule has 0 bridgehead atoms. The summed E-state index contributed by atoms with van der Waals surface area (Å²) in [7, 11) is 1.69. The molecule has 0 unspecified atom stereocenters. The Labute approximate surface area is 177 Å². The number of likely N-dealkylation sites (tertiary alicyclic amines) is 1. The van der Waals surface area contributed by atoms with Crippen LogP contribution in [0.25, 0.3) is 5.69 Å². The molecule has 1 saturated heterocycles. The van der Waals surface area contributed by atoms with E-state index in [0.29, 0.717) is 6.42 Å². The molecule has 5 nitrogen and oxygen atoms in total. The zero-order valence-corrected chi connectivity index (χ0v) is 17.5. The van der Waals surface area contributed by atoms with Crippen LogP contribution in [-0.2, 0) is 16.8 Å². The highest BCUT2D eigenvalue weighted by atomic mass is 16.5. The Balaban J connectivity index is 1.35. The maximum absolute atomic E-state index is 12.9. The van der Waals surface area contributed by atoms with Gasteiger partial charge in [0.1, 0.15) is 5.75 Å². The van der Waals surface area contributed by atoms with E-state index in [4.69, 9.17) is 4.74 Å². The van der Waals surface area contributed by atoms with Gasteiger partial charge in [0.25, 0.3) is 0 Å². The number of nitrogens with zero attached hydrogens (tertiary/aromatic N) is 2. The maximum Gasteiger partial charge on any atom is 0.226 e. The van der Waals surface area contributed by atoms with Gasteiger partial charge < -0.3 is 19.5 Å². The van der Waals surface area contributed by atoms with Crippen molar-refractivity contribution in [3.05, 3.63) is 77.6 Å². The monoisotopic (exact) mass is 401 g/mol. The minimum atomic E-state index is -0.163. The van der Waals surface area contributed by atoms with Gasteiger partial charge in [-0.05, 0) is 49.6 Å². The molecule has 5 heteroatoms. The Morgan fingerprint density at radius 1 is 1.10 bits per heavy atom. The first-order valence-electron chi connectivity index (χ1n) is 10.6. The van der Waals surface area contributed by atoms with Crippen LogP contribution in [0.1, 0.15) is 29.7 Å². The number of hydrogen-bond acceptors (Lipinski definition) is 3. The van der Waals surface area contributed by atoms with E-state index in [1.807, 2.05) is 11.0 Å². The molecule has 3 aromatic rings. The molecule has 1 aromatic heterocycles. The molecule has 5 rings (SSSR count). The third kappa shape index (κ3) is 3.15. The highest BCUT2D eigenvalue weighted by molar-refractivity contribution is 5.79. The number of rotatable bonds is 3. The zero-order chi connectivity index (χ0) is 20.7. The van der Waals surface area contributed by atoms with Gasteiger partial charge in [-0.2, -0.15) is 0 Å². The molecule has 1 fully saturated rings. The van der Waals surface area contributed by atoms with Crippen molar-refractivity contribution in [2.24, 2.45) is 0 Å². The molecule has 1 N–H and O–H groups in total. The van der Waals surface area contributed by atoms with E-state index in [-0.39, 0.29) is 11.4 Å². The number of fused-ring (bicyclic) bond motifs is 4. The number of carbonyl (C=O) groups is 1. The number of piperidine rings is 1. The highest BCUT2D eigenvalue weighted by Gasteiger charge is 2.42. The number of amides is 1. The number of methoxy groups -OCH3 is 1. The van der Waals surface area contributed by atoms with E-state index in [9.17, 15) is 4.79 Å². The van der Waals surface area contributed by atoms with Crippen molar-refractivity contribution in [3.8, 4) is 11.4 Å². The number of nitrogens with one attached hydrogen (secondary N) is 1. The first-order chi connectivity index (χ1) is 14.6. The van der Waals surface area contributed by atoms with Crippen LogP contribution >= 0.6 is 0 Å². The molecule has 30 heavy (non-hydrogen) atoms. The van der Waals surface area contributed by atoms with Crippen LogP contribution in [-0.4, -0.2) is 35.6 Å². The van der Waals surface area contributed by atoms with Crippen LogP contribution in [0, 0.1) is 6.92 Å². The van der Waals surface area contributed by atoms with Gasteiger partial charge in [0.2, 0.25) is 5.91 Å². The second kappa shape index (κ2) is 7.24. The summed E-state index contributed by atoms with van der Waals surface area (Å²) >= 11 is 0. The largest absolute Gasteiger partial charge is 0.497 e. The molecule has 154 valence electrons. The lowest BCUT2D eigenvalue weighted by molar-refractivity contribution is -0.132. The Morgan fingerprint density at radius 2 is 1.87 bits per heavy atom. The molecule has 1 amide bonds. The first-order valence-corrected chi connectivity index (χ1v) is 10.6. The van der Waals surface area contributed by atoms with Crippen LogP contribution in [0.3, 0.4) is 0 Å². The predicted molar refractivity (Wildman–Crippen MR) is 118 cm³/mol. The lowest BCUT2D eigenvalue weighted by atomic mass is 9.82. The second-order valence-electron chi connectivity index (χ2n) is 8.40. The van der Waals surface area contributed by atoms with Crippen LogP contribution in [0.2, 0.25) is 0 Å². The van der Waals surface area contributed by atoms with Crippen LogP contribution in [0.4, 0.5) is 5.69 Å². The fourth-order valence-electron chi connectivity index (χ4n) is 4.77. The van der Waals surface area contributed by atoms with E-state index in [1.165, 1.54) is 11.3 Å². The van der Waals surface area contributed by atoms with Gasteiger partial charge >= 0.3 is 0 Å². The molecule has 1 spiro atoms. The Kier molecular flexibility index (Phi) is 4.54. The summed E-state index contributed by atoms with van der Waals surface area (Å²) in [5.74, 6) is 1.06. The second-order valence-corrected chi connectivity index (χ2v) is 8.40. The summed E-state index contributed by atoms with van der Waals surface area (Å²) in [5, 5.41) is 3.81. The molecule has 2 aromatic carbocycles. The first kappa shape index (κ1) is 18.8. The molecule has 0 aliphatic carbocycles. The summed E-state index contributed by atoms with van der Waals surface area (Å²) in [5.41, 5.74) is 5.62. The molecular weight excluding hydrogens is 374 g/mol. The Hall–Kier alpha value is -3.21. The SMILES string of the molecule is COc1ccc2c(c1)NC1(CCN(C(=O)Cc3ccc(C)cc3)CC1)c1cccn1-2. The Morgan fingerprint density at radius 3 is 2.60 bits per heavy atom. The van der Waals surface area contributed by atoms with Crippen molar-refractivity contribution < 1.29 is 9.53 Å².